The Morgan fingerprint density at radius 1 is 0.893 bits per heavy atom. The van der Waals surface area contributed by atoms with E-state index in [9.17, 15) is 9.59 Å². The molecule has 5 heteroatoms. The van der Waals surface area contributed by atoms with Crippen LogP contribution in [0.2, 0.25) is 0 Å². The van der Waals surface area contributed by atoms with E-state index in [2.05, 4.69) is 16.7 Å². The summed E-state index contributed by atoms with van der Waals surface area (Å²) in [5, 5.41) is 5.85. The zero-order valence-corrected chi connectivity index (χ0v) is 15.7. The van der Waals surface area contributed by atoms with E-state index in [0.29, 0.717) is 11.3 Å². The molecular weight excluding hydrogens is 352 g/mol. The lowest BCUT2D eigenvalue weighted by Crippen LogP contribution is -2.17. The fraction of sp³-hybridized carbons (Fsp3) is 0.217. The summed E-state index contributed by atoms with van der Waals surface area (Å²) < 4.78 is 5.13. The molecule has 0 spiro atoms. The third-order valence-corrected chi connectivity index (χ3v) is 5.14. The smallest absolute Gasteiger partial charge is 0.291 e. The summed E-state index contributed by atoms with van der Waals surface area (Å²) in [5.74, 6) is -0.305. The Labute approximate surface area is 163 Å². The molecule has 0 radical (unpaired) electrons. The van der Waals surface area contributed by atoms with Crippen LogP contribution in [-0.2, 0) is 12.8 Å². The van der Waals surface area contributed by atoms with Crippen molar-refractivity contribution in [1.82, 2.24) is 0 Å². The van der Waals surface area contributed by atoms with E-state index in [1.165, 1.54) is 23.8 Å². The summed E-state index contributed by atoms with van der Waals surface area (Å²) in [5.41, 5.74) is 5.38. The van der Waals surface area contributed by atoms with Crippen LogP contribution in [0.3, 0.4) is 0 Å². The predicted octanol–water partition coefficient (Wildman–Crippen LogP) is 4.97. The molecule has 1 aliphatic carbocycles. The topological polar surface area (TPSA) is 71.3 Å². The van der Waals surface area contributed by atoms with Gasteiger partial charge in [-0.25, -0.2) is 0 Å². The highest BCUT2D eigenvalue weighted by atomic mass is 16.3. The second-order valence-electron chi connectivity index (χ2n) is 7.07. The quantitative estimate of drug-likeness (QED) is 0.677. The first kappa shape index (κ1) is 18.0. The number of amides is 2. The number of hydrogen-bond acceptors (Lipinski definition) is 3. The molecule has 0 bridgehead atoms. The molecule has 0 fully saturated rings. The van der Waals surface area contributed by atoms with Gasteiger partial charge in [-0.15, -0.1) is 0 Å². The highest BCUT2D eigenvalue weighted by molar-refractivity contribution is 6.07. The number of carbonyl (C=O) groups is 2. The van der Waals surface area contributed by atoms with Gasteiger partial charge in [0, 0.05) is 16.9 Å². The fourth-order valence-corrected chi connectivity index (χ4v) is 3.58. The normalized spacial score (nSPS) is 12.9. The molecule has 1 aliphatic rings. The predicted molar refractivity (Wildman–Crippen MR) is 109 cm³/mol. The Morgan fingerprint density at radius 2 is 1.71 bits per heavy atom. The number of aryl methyl sites for hydroxylation is 2. The number of anilines is 2. The largest absolute Gasteiger partial charge is 0.459 e. The molecule has 2 N–H and O–H groups in total. The average Bonchev–Trinajstić information content (AvgIpc) is 3.25. The molecule has 0 atom stereocenters. The Morgan fingerprint density at radius 3 is 2.54 bits per heavy atom. The summed E-state index contributed by atoms with van der Waals surface area (Å²) >= 11 is 0. The number of fused-ring (bicyclic) bond motifs is 1. The van der Waals surface area contributed by atoms with Crippen LogP contribution in [0, 0.1) is 6.92 Å². The minimum Gasteiger partial charge on any atom is -0.459 e. The zero-order chi connectivity index (χ0) is 19.5. The Hall–Kier alpha value is -3.34. The van der Waals surface area contributed by atoms with Crippen LogP contribution >= 0.6 is 0 Å². The molecule has 0 saturated heterocycles. The minimum absolute atomic E-state index is 0.188. The van der Waals surface area contributed by atoms with E-state index >= 15 is 0 Å². The SMILES string of the molecule is Cc1ccc(C(=O)Nc2cccc3c2CCCC3)cc1NC(=O)c1ccco1. The zero-order valence-electron chi connectivity index (χ0n) is 15.7. The number of nitrogens with one attached hydrogen (secondary N) is 2. The van der Waals surface area contributed by atoms with Crippen molar-refractivity contribution in [2.45, 2.75) is 32.6 Å². The molecule has 1 aromatic heterocycles. The van der Waals surface area contributed by atoms with Gasteiger partial charge < -0.3 is 15.1 Å². The van der Waals surface area contributed by atoms with Crippen LogP contribution in [0.15, 0.2) is 59.2 Å². The maximum absolute atomic E-state index is 12.8. The molecule has 2 aromatic carbocycles. The van der Waals surface area contributed by atoms with Crippen molar-refractivity contribution < 1.29 is 14.0 Å². The highest BCUT2D eigenvalue weighted by Gasteiger charge is 2.17. The number of carbonyl (C=O) groups excluding carboxylic acids is 2. The summed E-state index contributed by atoms with van der Waals surface area (Å²) in [6.45, 7) is 1.88. The maximum Gasteiger partial charge on any atom is 0.291 e. The summed E-state index contributed by atoms with van der Waals surface area (Å²) in [6.07, 6.45) is 5.84. The lowest BCUT2D eigenvalue weighted by atomic mass is 9.90. The van der Waals surface area contributed by atoms with Gasteiger partial charge in [0.25, 0.3) is 11.8 Å². The third-order valence-electron chi connectivity index (χ3n) is 5.14. The van der Waals surface area contributed by atoms with Crippen LogP contribution in [0.5, 0.6) is 0 Å². The standard InChI is InChI=1S/C23H22N2O3/c1-15-11-12-17(14-20(15)25-23(27)21-10-5-13-28-21)22(26)24-19-9-4-7-16-6-2-3-8-18(16)19/h4-5,7,9-14H,2-3,6,8H2,1H3,(H,24,26)(H,25,27). The Balaban J connectivity index is 1.55. The Kier molecular flexibility index (Phi) is 4.98. The molecule has 0 unspecified atom stereocenters. The van der Waals surface area contributed by atoms with Crippen molar-refractivity contribution in [3.05, 3.63) is 82.8 Å². The fourth-order valence-electron chi connectivity index (χ4n) is 3.58. The molecule has 0 saturated carbocycles. The highest BCUT2D eigenvalue weighted by Crippen LogP contribution is 2.28. The van der Waals surface area contributed by atoms with Crippen LogP contribution in [-0.4, -0.2) is 11.8 Å². The maximum atomic E-state index is 12.8. The van der Waals surface area contributed by atoms with Crippen LogP contribution in [0.25, 0.3) is 0 Å². The Bertz CT molecular complexity index is 1020. The number of benzene rings is 2. The summed E-state index contributed by atoms with van der Waals surface area (Å²) in [6, 6.07) is 14.6. The van der Waals surface area contributed by atoms with Crippen LogP contribution in [0.1, 0.15) is 50.4 Å². The number of furan rings is 1. The lowest BCUT2D eigenvalue weighted by molar-refractivity contribution is 0.0993. The molecular formula is C23H22N2O3. The van der Waals surface area contributed by atoms with E-state index in [-0.39, 0.29) is 17.6 Å². The van der Waals surface area contributed by atoms with Gasteiger partial charge in [-0.1, -0.05) is 18.2 Å². The van der Waals surface area contributed by atoms with Crippen molar-refractivity contribution in [3.8, 4) is 0 Å². The summed E-state index contributed by atoms with van der Waals surface area (Å²) in [4.78, 5) is 25.1. The molecule has 28 heavy (non-hydrogen) atoms. The first-order chi connectivity index (χ1) is 13.6. The van der Waals surface area contributed by atoms with Gasteiger partial charge in [-0.05, 0) is 79.6 Å². The number of rotatable bonds is 4. The lowest BCUT2D eigenvalue weighted by Gasteiger charge is -2.19. The molecule has 142 valence electrons. The van der Waals surface area contributed by atoms with E-state index < -0.39 is 0 Å². The van der Waals surface area contributed by atoms with E-state index in [1.807, 2.05) is 25.1 Å². The van der Waals surface area contributed by atoms with Gasteiger partial charge in [0.15, 0.2) is 5.76 Å². The van der Waals surface area contributed by atoms with Crippen molar-refractivity contribution in [2.24, 2.45) is 0 Å². The molecule has 5 nitrogen and oxygen atoms in total. The van der Waals surface area contributed by atoms with Gasteiger partial charge in [0.05, 0.1) is 6.26 Å². The van der Waals surface area contributed by atoms with Gasteiger partial charge in [-0.3, -0.25) is 9.59 Å². The van der Waals surface area contributed by atoms with Gasteiger partial charge in [-0.2, -0.15) is 0 Å². The van der Waals surface area contributed by atoms with Crippen LogP contribution < -0.4 is 10.6 Å². The number of hydrogen-bond donors (Lipinski definition) is 2. The molecule has 2 amide bonds. The van der Waals surface area contributed by atoms with E-state index in [4.69, 9.17) is 4.42 Å². The monoisotopic (exact) mass is 374 g/mol. The molecule has 1 heterocycles. The van der Waals surface area contributed by atoms with Crippen molar-refractivity contribution in [2.75, 3.05) is 10.6 Å². The van der Waals surface area contributed by atoms with Gasteiger partial charge in [0.1, 0.15) is 0 Å². The average molecular weight is 374 g/mol. The second kappa shape index (κ2) is 7.72. The van der Waals surface area contributed by atoms with Crippen LogP contribution in [0.4, 0.5) is 11.4 Å². The second-order valence-corrected chi connectivity index (χ2v) is 7.07. The molecule has 3 aromatic rings. The first-order valence-corrected chi connectivity index (χ1v) is 9.49. The van der Waals surface area contributed by atoms with Crippen molar-refractivity contribution >= 4 is 23.2 Å². The van der Waals surface area contributed by atoms with Gasteiger partial charge >= 0.3 is 0 Å². The minimum atomic E-state index is -0.345. The van der Waals surface area contributed by atoms with Gasteiger partial charge in [0.2, 0.25) is 0 Å². The first-order valence-electron chi connectivity index (χ1n) is 9.49. The van der Waals surface area contributed by atoms with Crippen molar-refractivity contribution in [1.29, 1.82) is 0 Å². The van der Waals surface area contributed by atoms with E-state index in [1.54, 1.807) is 24.3 Å². The summed E-state index contributed by atoms with van der Waals surface area (Å²) in [7, 11) is 0. The molecule has 4 rings (SSSR count). The third kappa shape index (κ3) is 3.69. The molecule has 0 aliphatic heterocycles. The van der Waals surface area contributed by atoms with E-state index in [0.717, 1.165) is 30.5 Å². The van der Waals surface area contributed by atoms with Crippen molar-refractivity contribution in [3.63, 3.8) is 0 Å².